The Morgan fingerprint density at radius 3 is 2.34 bits per heavy atom. The quantitative estimate of drug-likeness (QED) is 0.417. The minimum absolute atomic E-state index is 0.196. The summed E-state index contributed by atoms with van der Waals surface area (Å²) in [4.78, 5) is 13.1. The van der Waals surface area contributed by atoms with Crippen LogP contribution in [0, 0.1) is 0 Å². The molecule has 1 unspecified atom stereocenters. The van der Waals surface area contributed by atoms with Gasteiger partial charge in [-0.15, -0.1) is 0 Å². The number of aromatic hydroxyl groups is 1. The van der Waals surface area contributed by atoms with Gasteiger partial charge in [0.1, 0.15) is 5.75 Å². The summed E-state index contributed by atoms with van der Waals surface area (Å²) in [6, 6.07) is 30.9. The highest BCUT2D eigenvalue weighted by atomic mass is 16.3. The van der Waals surface area contributed by atoms with E-state index < -0.39 is 0 Å². The van der Waals surface area contributed by atoms with Crippen LogP contribution in [-0.2, 0) is 4.79 Å². The number of rotatable bonds is 4. The third-order valence-corrected chi connectivity index (χ3v) is 5.75. The molecule has 1 aliphatic rings. The SMILES string of the molecule is O=C(/C=C/c1ccccc1)N1N=C(c2ccc3ccccc3c2O)CC1c1ccccc1. The number of phenols is 1. The minimum atomic E-state index is -0.231. The molecule has 0 saturated heterocycles. The normalized spacial score (nSPS) is 15.9. The van der Waals surface area contributed by atoms with E-state index in [4.69, 9.17) is 0 Å². The molecule has 4 aromatic rings. The average molecular weight is 418 g/mol. The average Bonchev–Trinajstić information content (AvgIpc) is 3.29. The zero-order valence-electron chi connectivity index (χ0n) is 17.4. The van der Waals surface area contributed by atoms with Crippen LogP contribution in [0.5, 0.6) is 5.75 Å². The van der Waals surface area contributed by atoms with Crippen molar-refractivity contribution in [2.24, 2.45) is 5.10 Å². The fourth-order valence-corrected chi connectivity index (χ4v) is 4.11. The first-order valence-electron chi connectivity index (χ1n) is 10.6. The number of nitrogens with zero attached hydrogens (tertiary/aromatic N) is 2. The van der Waals surface area contributed by atoms with Crippen molar-refractivity contribution in [1.82, 2.24) is 5.01 Å². The van der Waals surface area contributed by atoms with E-state index in [9.17, 15) is 9.90 Å². The summed E-state index contributed by atoms with van der Waals surface area (Å²) in [7, 11) is 0. The van der Waals surface area contributed by atoms with Crippen LogP contribution in [0.3, 0.4) is 0 Å². The van der Waals surface area contributed by atoms with E-state index in [0.717, 1.165) is 21.9 Å². The number of hydrogen-bond donors (Lipinski definition) is 1. The smallest absolute Gasteiger partial charge is 0.267 e. The van der Waals surface area contributed by atoms with Crippen molar-refractivity contribution in [3.8, 4) is 5.75 Å². The molecule has 0 fully saturated rings. The lowest BCUT2D eigenvalue weighted by atomic mass is 9.96. The summed E-state index contributed by atoms with van der Waals surface area (Å²) < 4.78 is 0. The number of hydrogen-bond acceptors (Lipinski definition) is 3. The Labute approximate surface area is 186 Å². The third-order valence-electron chi connectivity index (χ3n) is 5.75. The van der Waals surface area contributed by atoms with Gasteiger partial charge in [0.25, 0.3) is 5.91 Å². The van der Waals surface area contributed by atoms with Crippen LogP contribution < -0.4 is 0 Å². The van der Waals surface area contributed by atoms with Gasteiger partial charge in [-0.2, -0.15) is 5.10 Å². The van der Waals surface area contributed by atoms with E-state index >= 15 is 0 Å². The van der Waals surface area contributed by atoms with Gasteiger partial charge in [-0.05, 0) is 28.7 Å². The molecule has 0 bridgehead atoms. The van der Waals surface area contributed by atoms with Crippen molar-refractivity contribution in [3.63, 3.8) is 0 Å². The van der Waals surface area contributed by atoms with Gasteiger partial charge < -0.3 is 5.11 Å². The second kappa shape index (κ2) is 8.52. The topological polar surface area (TPSA) is 52.9 Å². The zero-order valence-corrected chi connectivity index (χ0v) is 17.4. The molecule has 4 aromatic carbocycles. The number of hydrazone groups is 1. The van der Waals surface area contributed by atoms with Gasteiger partial charge >= 0.3 is 0 Å². The van der Waals surface area contributed by atoms with Crippen LogP contribution >= 0.6 is 0 Å². The maximum Gasteiger partial charge on any atom is 0.267 e. The molecule has 32 heavy (non-hydrogen) atoms. The molecule has 0 spiro atoms. The molecule has 4 nitrogen and oxygen atoms in total. The van der Waals surface area contributed by atoms with Crippen LogP contribution in [0.1, 0.15) is 29.2 Å². The zero-order chi connectivity index (χ0) is 21.9. The molecular weight excluding hydrogens is 396 g/mol. The van der Waals surface area contributed by atoms with Crippen molar-refractivity contribution in [1.29, 1.82) is 0 Å². The molecule has 1 atom stereocenters. The van der Waals surface area contributed by atoms with E-state index in [1.165, 1.54) is 5.01 Å². The van der Waals surface area contributed by atoms with Crippen molar-refractivity contribution < 1.29 is 9.90 Å². The molecule has 0 radical (unpaired) electrons. The lowest BCUT2D eigenvalue weighted by molar-refractivity contribution is -0.127. The van der Waals surface area contributed by atoms with E-state index in [-0.39, 0.29) is 17.7 Å². The number of amides is 1. The highest BCUT2D eigenvalue weighted by Gasteiger charge is 2.33. The Bertz CT molecular complexity index is 1330. The fourth-order valence-electron chi connectivity index (χ4n) is 4.11. The third kappa shape index (κ3) is 3.79. The number of benzene rings is 4. The van der Waals surface area contributed by atoms with Gasteiger partial charge in [-0.3, -0.25) is 4.79 Å². The fraction of sp³-hybridized carbons (Fsp3) is 0.0714. The van der Waals surface area contributed by atoms with Gasteiger partial charge in [0.15, 0.2) is 0 Å². The molecule has 0 aliphatic carbocycles. The van der Waals surface area contributed by atoms with E-state index in [2.05, 4.69) is 5.10 Å². The number of fused-ring (bicyclic) bond motifs is 1. The Morgan fingerprint density at radius 2 is 1.56 bits per heavy atom. The van der Waals surface area contributed by atoms with Crippen molar-refractivity contribution in [2.45, 2.75) is 12.5 Å². The van der Waals surface area contributed by atoms with Gasteiger partial charge in [0, 0.05) is 23.4 Å². The summed E-state index contributed by atoms with van der Waals surface area (Å²) in [5, 5.41) is 18.9. The molecule has 156 valence electrons. The largest absolute Gasteiger partial charge is 0.507 e. The molecule has 5 rings (SSSR count). The van der Waals surface area contributed by atoms with Crippen LogP contribution in [-0.4, -0.2) is 21.7 Å². The predicted octanol–water partition coefficient (Wildman–Crippen LogP) is 5.94. The van der Waals surface area contributed by atoms with Crippen molar-refractivity contribution in [3.05, 3.63) is 120 Å². The van der Waals surface area contributed by atoms with E-state index in [1.807, 2.05) is 97.1 Å². The summed E-state index contributed by atoms with van der Waals surface area (Å²) in [5.74, 6) is 0.000716. The van der Waals surface area contributed by atoms with Gasteiger partial charge in [0.05, 0.1) is 11.8 Å². The molecular formula is C28H22N2O2. The van der Waals surface area contributed by atoms with Gasteiger partial charge in [-0.25, -0.2) is 5.01 Å². The Hall–Kier alpha value is -4.18. The lowest BCUT2D eigenvalue weighted by Gasteiger charge is -2.20. The van der Waals surface area contributed by atoms with E-state index in [1.54, 1.807) is 12.2 Å². The summed E-state index contributed by atoms with van der Waals surface area (Å²) in [6.45, 7) is 0. The van der Waals surface area contributed by atoms with Crippen LogP contribution in [0.15, 0.2) is 108 Å². The van der Waals surface area contributed by atoms with Crippen LogP contribution in [0.4, 0.5) is 0 Å². The second-order valence-electron chi connectivity index (χ2n) is 7.79. The highest BCUT2D eigenvalue weighted by Crippen LogP contribution is 2.37. The van der Waals surface area contributed by atoms with Crippen LogP contribution in [0.2, 0.25) is 0 Å². The summed E-state index contributed by atoms with van der Waals surface area (Å²) >= 11 is 0. The second-order valence-corrected chi connectivity index (χ2v) is 7.79. The number of carbonyl (C=O) groups excluding carboxylic acids is 1. The van der Waals surface area contributed by atoms with Gasteiger partial charge in [0.2, 0.25) is 0 Å². The Kier molecular flexibility index (Phi) is 5.26. The molecule has 4 heteroatoms. The lowest BCUT2D eigenvalue weighted by Crippen LogP contribution is -2.25. The first-order chi connectivity index (χ1) is 15.7. The maximum absolute atomic E-state index is 13.1. The first-order valence-corrected chi connectivity index (χ1v) is 10.6. The van der Waals surface area contributed by atoms with Crippen LogP contribution in [0.25, 0.3) is 16.8 Å². The molecule has 1 heterocycles. The van der Waals surface area contributed by atoms with Crippen molar-refractivity contribution >= 4 is 28.5 Å². The Balaban J connectivity index is 1.52. The summed E-state index contributed by atoms with van der Waals surface area (Å²) in [5.41, 5.74) is 3.32. The molecule has 1 N–H and O–H groups in total. The molecule has 1 amide bonds. The molecule has 1 aliphatic heterocycles. The summed E-state index contributed by atoms with van der Waals surface area (Å²) in [6.07, 6.45) is 3.88. The predicted molar refractivity (Wildman–Crippen MR) is 128 cm³/mol. The monoisotopic (exact) mass is 418 g/mol. The molecule has 0 aromatic heterocycles. The number of carbonyl (C=O) groups is 1. The molecule has 0 saturated carbocycles. The highest BCUT2D eigenvalue weighted by molar-refractivity contribution is 6.09. The maximum atomic E-state index is 13.1. The van der Waals surface area contributed by atoms with Gasteiger partial charge in [-0.1, -0.05) is 91.0 Å². The van der Waals surface area contributed by atoms with Crippen molar-refractivity contribution in [2.75, 3.05) is 0 Å². The van der Waals surface area contributed by atoms with E-state index in [0.29, 0.717) is 17.7 Å². The number of phenolic OH excluding ortho intramolecular Hbond substituents is 1. The standard InChI is InChI=1S/C28H22N2O2/c31-27(18-15-20-9-3-1-4-10-20)30-26(22-12-5-2-6-13-22)19-25(29-30)24-17-16-21-11-7-8-14-23(21)28(24)32/h1-18,26,32H,19H2/b18-15+. The first kappa shape index (κ1) is 19.8. The minimum Gasteiger partial charge on any atom is -0.507 e. The Morgan fingerprint density at radius 1 is 0.875 bits per heavy atom.